The molecule has 2 unspecified atom stereocenters. The Hall–Kier alpha value is -2.68. The molecule has 2 aliphatic rings. The lowest BCUT2D eigenvalue weighted by molar-refractivity contribution is 0.280. The molecule has 1 aromatic carbocycles. The van der Waals surface area contributed by atoms with Crippen molar-refractivity contribution in [2.24, 2.45) is 11.8 Å². The molecule has 35 heavy (non-hydrogen) atoms. The maximum atomic E-state index is 13.5. The van der Waals surface area contributed by atoms with Crippen LogP contribution in [0.2, 0.25) is 0 Å². The minimum Gasteiger partial charge on any atom is -0.496 e. The molecule has 1 aliphatic heterocycles. The predicted molar refractivity (Wildman–Crippen MR) is 142 cm³/mol. The van der Waals surface area contributed by atoms with Crippen LogP contribution in [-0.4, -0.2) is 34.2 Å². The Morgan fingerprint density at radius 2 is 2.11 bits per heavy atom. The zero-order valence-corrected chi connectivity index (χ0v) is 21.4. The van der Waals surface area contributed by atoms with E-state index in [0.717, 1.165) is 41.8 Å². The Balaban J connectivity index is 0.00000253. The second-order valence-electron chi connectivity index (χ2n) is 9.47. The van der Waals surface area contributed by atoms with E-state index < -0.39 is 0 Å². The van der Waals surface area contributed by atoms with E-state index in [1.54, 1.807) is 13.3 Å². The maximum absolute atomic E-state index is 13.5. The normalized spacial score (nSPS) is 21.9. The number of thiophene rings is 1. The van der Waals surface area contributed by atoms with Crippen LogP contribution in [0.5, 0.6) is 5.75 Å². The minimum atomic E-state index is -0.351. The van der Waals surface area contributed by atoms with Gasteiger partial charge >= 0.3 is 5.69 Å². The van der Waals surface area contributed by atoms with Crippen LogP contribution < -0.4 is 21.3 Å². The van der Waals surface area contributed by atoms with Crippen molar-refractivity contribution in [2.75, 3.05) is 13.7 Å². The second-order valence-corrected chi connectivity index (χ2v) is 10.5. The lowest BCUT2D eigenvalue weighted by atomic mass is 9.71. The largest absolute Gasteiger partial charge is 0.496 e. The molecule has 2 N–H and O–H groups in total. The summed E-state index contributed by atoms with van der Waals surface area (Å²) in [6, 6.07) is 10.2. The molecule has 184 valence electrons. The van der Waals surface area contributed by atoms with Gasteiger partial charge in [-0.1, -0.05) is 25.5 Å². The molecule has 9 heteroatoms. The molecule has 0 bridgehead atoms. The number of benzene rings is 1. The molecule has 0 amide bonds. The van der Waals surface area contributed by atoms with E-state index in [1.165, 1.54) is 27.0 Å². The third kappa shape index (κ3) is 3.79. The van der Waals surface area contributed by atoms with Gasteiger partial charge < -0.3 is 15.0 Å². The molecule has 1 aliphatic carbocycles. The molecule has 0 saturated carbocycles. The first-order chi connectivity index (χ1) is 16.6. The van der Waals surface area contributed by atoms with E-state index in [-0.39, 0.29) is 35.6 Å². The van der Waals surface area contributed by atoms with Gasteiger partial charge in [0.05, 0.1) is 12.6 Å². The van der Waals surface area contributed by atoms with Crippen LogP contribution in [0.25, 0.3) is 20.4 Å². The van der Waals surface area contributed by atoms with Gasteiger partial charge in [-0.2, -0.15) is 0 Å². The number of hydrogen-bond acceptors (Lipinski definition) is 6. The Morgan fingerprint density at radius 3 is 2.91 bits per heavy atom. The van der Waals surface area contributed by atoms with Crippen LogP contribution in [0.3, 0.4) is 0 Å². The van der Waals surface area contributed by atoms with Crippen molar-refractivity contribution in [3.05, 3.63) is 68.5 Å². The van der Waals surface area contributed by atoms with Gasteiger partial charge in [0.1, 0.15) is 15.3 Å². The lowest BCUT2D eigenvalue weighted by Crippen LogP contribution is -2.43. The van der Waals surface area contributed by atoms with Crippen molar-refractivity contribution in [1.29, 1.82) is 0 Å². The van der Waals surface area contributed by atoms with E-state index in [2.05, 4.69) is 40.4 Å². The number of nitrogens with one attached hydrogen (secondary N) is 2. The number of H-pyrrole nitrogens is 1. The fourth-order valence-electron chi connectivity index (χ4n) is 6.19. The zero-order chi connectivity index (χ0) is 23.4. The monoisotopic (exact) mass is 512 g/mol. The first kappa shape index (κ1) is 24.0. The van der Waals surface area contributed by atoms with Gasteiger partial charge in [0.25, 0.3) is 5.56 Å². The first-order valence-electron chi connectivity index (χ1n) is 12.0. The molecule has 1 fully saturated rings. The Bertz CT molecular complexity index is 1500. The smallest absolute Gasteiger partial charge is 0.328 e. The number of aromatic amines is 1. The number of rotatable bonds is 5. The Labute approximate surface area is 213 Å². The highest BCUT2D eigenvalue weighted by atomic mass is 35.5. The fraction of sp³-hybridized carbons (Fsp3) is 0.423. The van der Waals surface area contributed by atoms with Crippen LogP contribution in [0.15, 0.2) is 46.1 Å². The standard InChI is InChI=1S/C26H28N4O3S.ClH/c1-3-14(21-20-16(12-28-21)10-9-15-6-4-8-18(33-2)19(15)20)13-30-25(31)23-22(29-26(30)32)17-7-5-11-27-24(17)34-23;/h4-8,11,14,16,20-21,28H,3,9-10,12-13H2,1-2H3,(H,29,32);1H/t14?,16-,20+,21?;/m0./s1. The molecular formula is C26H29ClN4O3S. The van der Waals surface area contributed by atoms with Crippen LogP contribution in [-0.2, 0) is 13.0 Å². The van der Waals surface area contributed by atoms with Gasteiger partial charge in [-0.25, -0.2) is 9.78 Å². The number of pyridine rings is 1. The SMILES string of the molecule is CCC(Cn1c(=O)[nH]c2c(sc3ncccc32)c1=O)C1NC[C@@H]2CCc3cccc(OC)c3[C@H]12.Cl. The molecule has 3 aromatic heterocycles. The summed E-state index contributed by atoms with van der Waals surface area (Å²) in [6.45, 7) is 3.48. The summed E-state index contributed by atoms with van der Waals surface area (Å²) in [4.78, 5) is 34.6. The van der Waals surface area contributed by atoms with E-state index >= 15 is 0 Å². The van der Waals surface area contributed by atoms with E-state index in [0.29, 0.717) is 28.6 Å². The van der Waals surface area contributed by atoms with Gasteiger partial charge in [-0.05, 0) is 55.0 Å². The molecule has 4 atom stereocenters. The number of halogens is 1. The summed E-state index contributed by atoms with van der Waals surface area (Å²) in [5.74, 6) is 1.94. The number of ether oxygens (including phenoxy) is 1. The fourth-order valence-corrected chi connectivity index (χ4v) is 7.24. The maximum Gasteiger partial charge on any atom is 0.328 e. The van der Waals surface area contributed by atoms with Crippen molar-refractivity contribution in [3.63, 3.8) is 0 Å². The third-order valence-corrected chi connectivity index (χ3v) is 8.94. The summed E-state index contributed by atoms with van der Waals surface area (Å²) in [7, 11) is 1.74. The van der Waals surface area contributed by atoms with Crippen molar-refractivity contribution < 1.29 is 4.74 Å². The molecule has 4 heterocycles. The zero-order valence-electron chi connectivity index (χ0n) is 19.7. The van der Waals surface area contributed by atoms with Crippen molar-refractivity contribution >= 4 is 44.2 Å². The molecule has 0 spiro atoms. The van der Waals surface area contributed by atoms with E-state index in [9.17, 15) is 9.59 Å². The molecular weight excluding hydrogens is 484 g/mol. The average Bonchev–Trinajstić information content (AvgIpc) is 3.46. The molecule has 1 saturated heterocycles. The minimum absolute atomic E-state index is 0. The second kappa shape index (κ2) is 9.41. The van der Waals surface area contributed by atoms with Crippen molar-refractivity contribution in [3.8, 4) is 5.75 Å². The van der Waals surface area contributed by atoms with Crippen LogP contribution in [0.4, 0.5) is 0 Å². The number of aryl methyl sites for hydroxylation is 1. The highest BCUT2D eigenvalue weighted by Gasteiger charge is 2.44. The molecule has 6 rings (SSSR count). The molecule has 7 nitrogen and oxygen atoms in total. The highest BCUT2D eigenvalue weighted by Crippen LogP contribution is 2.47. The topological polar surface area (TPSA) is 89.0 Å². The van der Waals surface area contributed by atoms with Gasteiger partial charge in [0, 0.05) is 35.7 Å². The Morgan fingerprint density at radius 1 is 1.26 bits per heavy atom. The first-order valence-corrected chi connectivity index (χ1v) is 12.8. The van der Waals surface area contributed by atoms with Gasteiger partial charge in [0.15, 0.2) is 0 Å². The summed E-state index contributed by atoms with van der Waals surface area (Å²) >= 11 is 1.35. The number of hydrogen-bond donors (Lipinski definition) is 2. The quantitative estimate of drug-likeness (QED) is 0.420. The average molecular weight is 513 g/mol. The molecule has 0 radical (unpaired) electrons. The molecule has 4 aromatic rings. The van der Waals surface area contributed by atoms with E-state index in [1.807, 2.05) is 12.1 Å². The van der Waals surface area contributed by atoms with Crippen molar-refractivity contribution in [1.82, 2.24) is 19.9 Å². The van der Waals surface area contributed by atoms with Crippen molar-refractivity contribution in [2.45, 2.75) is 44.7 Å². The number of nitrogens with zero attached hydrogens (tertiary/aromatic N) is 2. The summed E-state index contributed by atoms with van der Waals surface area (Å²) < 4.78 is 7.73. The number of aromatic nitrogens is 3. The summed E-state index contributed by atoms with van der Waals surface area (Å²) in [5, 5.41) is 4.59. The van der Waals surface area contributed by atoms with Gasteiger partial charge in [-0.3, -0.25) is 9.36 Å². The van der Waals surface area contributed by atoms with Crippen LogP contribution >= 0.6 is 23.7 Å². The van der Waals surface area contributed by atoms with Gasteiger partial charge in [-0.15, -0.1) is 23.7 Å². The van der Waals surface area contributed by atoms with E-state index in [4.69, 9.17) is 4.74 Å². The Kier molecular flexibility index (Phi) is 6.46. The van der Waals surface area contributed by atoms with Crippen LogP contribution in [0, 0.1) is 11.8 Å². The summed E-state index contributed by atoms with van der Waals surface area (Å²) in [5.41, 5.74) is 2.68. The van der Waals surface area contributed by atoms with Crippen LogP contribution in [0.1, 0.15) is 36.8 Å². The number of methoxy groups -OCH3 is 1. The lowest BCUT2D eigenvalue weighted by Gasteiger charge is -2.35. The number of fused-ring (bicyclic) bond motifs is 6. The van der Waals surface area contributed by atoms with Gasteiger partial charge in [0.2, 0.25) is 0 Å². The predicted octanol–water partition coefficient (Wildman–Crippen LogP) is 4.07. The third-order valence-electron chi connectivity index (χ3n) is 7.84. The summed E-state index contributed by atoms with van der Waals surface area (Å²) in [6.07, 6.45) is 4.78. The highest BCUT2D eigenvalue weighted by molar-refractivity contribution is 7.25.